The number of hydrogen-bond donors (Lipinski definition) is 3. The first-order valence-corrected chi connectivity index (χ1v) is 7.10. The van der Waals surface area contributed by atoms with Crippen LogP contribution in [0.5, 0.6) is 5.75 Å². The Kier molecular flexibility index (Phi) is 5.83. The fourth-order valence-corrected chi connectivity index (χ4v) is 1.80. The zero-order valence-electron chi connectivity index (χ0n) is 11.5. The lowest BCUT2D eigenvalue weighted by Crippen LogP contribution is -2.37. The largest absolute Gasteiger partial charge is 0.491 e. The molecule has 0 spiro atoms. The van der Waals surface area contributed by atoms with E-state index < -0.39 is 6.10 Å². The summed E-state index contributed by atoms with van der Waals surface area (Å²) in [6.07, 6.45) is 1.48. The van der Waals surface area contributed by atoms with Gasteiger partial charge in [-0.25, -0.2) is 0 Å². The summed E-state index contributed by atoms with van der Waals surface area (Å²) in [6, 6.07) is 9.41. The van der Waals surface area contributed by atoms with Gasteiger partial charge >= 0.3 is 0 Å². The molecule has 5 nitrogen and oxygen atoms in total. The summed E-state index contributed by atoms with van der Waals surface area (Å²) < 4.78 is 5.44. The third-order valence-corrected chi connectivity index (χ3v) is 3.11. The zero-order chi connectivity index (χ0) is 14.2. The Balaban J connectivity index is 1.47. The molecule has 3 N–H and O–H groups in total. The summed E-state index contributed by atoms with van der Waals surface area (Å²) in [5.74, 6) is 1.16. The molecule has 0 radical (unpaired) electrons. The number of rotatable bonds is 9. The van der Waals surface area contributed by atoms with Crippen molar-refractivity contribution in [2.75, 3.05) is 26.2 Å². The van der Waals surface area contributed by atoms with Crippen LogP contribution >= 0.6 is 0 Å². The molecule has 1 atom stereocenters. The fourth-order valence-electron chi connectivity index (χ4n) is 1.80. The maximum Gasteiger partial charge on any atom is 0.223 e. The molecule has 0 aromatic heterocycles. The summed E-state index contributed by atoms with van der Waals surface area (Å²) in [4.78, 5) is 11.4. The van der Waals surface area contributed by atoms with E-state index in [4.69, 9.17) is 4.74 Å². The first-order chi connectivity index (χ1) is 9.75. The normalized spacial score (nSPS) is 15.7. The van der Waals surface area contributed by atoms with Gasteiger partial charge in [-0.2, -0.15) is 0 Å². The molecule has 5 heteroatoms. The Morgan fingerprint density at radius 2 is 2.05 bits per heavy atom. The van der Waals surface area contributed by atoms with Crippen molar-refractivity contribution in [1.82, 2.24) is 10.6 Å². The van der Waals surface area contributed by atoms with Gasteiger partial charge in [0.1, 0.15) is 18.5 Å². The zero-order valence-corrected chi connectivity index (χ0v) is 11.5. The molecule has 0 bridgehead atoms. The highest BCUT2D eigenvalue weighted by Crippen LogP contribution is 2.28. The molecule has 1 fully saturated rings. The molecule has 0 heterocycles. The number of nitrogens with one attached hydrogen (secondary N) is 2. The molecule has 1 aliphatic carbocycles. The van der Waals surface area contributed by atoms with E-state index in [1.165, 1.54) is 0 Å². The van der Waals surface area contributed by atoms with Crippen LogP contribution < -0.4 is 15.4 Å². The molecule has 1 aromatic carbocycles. The molecule has 2 rings (SSSR count). The van der Waals surface area contributed by atoms with E-state index in [0.29, 0.717) is 19.6 Å². The SMILES string of the molecule is O=C(NCCNC[C@H](O)COc1ccccc1)C1CC1. The van der Waals surface area contributed by atoms with E-state index >= 15 is 0 Å². The second-order valence-corrected chi connectivity index (χ2v) is 5.05. The number of aliphatic hydroxyl groups excluding tert-OH is 1. The maximum absolute atomic E-state index is 11.4. The first-order valence-electron chi connectivity index (χ1n) is 7.10. The van der Waals surface area contributed by atoms with Crippen LogP contribution in [0.4, 0.5) is 0 Å². The van der Waals surface area contributed by atoms with Crippen molar-refractivity contribution in [1.29, 1.82) is 0 Å². The lowest BCUT2D eigenvalue weighted by atomic mass is 10.3. The quantitative estimate of drug-likeness (QED) is 0.577. The number of benzene rings is 1. The van der Waals surface area contributed by atoms with Gasteiger partial charge in [0.05, 0.1) is 0 Å². The highest BCUT2D eigenvalue weighted by molar-refractivity contribution is 5.80. The van der Waals surface area contributed by atoms with E-state index in [0.717, 1.165) is 18.6 Å². The molecular formula is C15H22N2O3. The minimum absolute atomic E-state index is 0.153. The summed E-state index contributed by atoms with van der Waals surface area (Å²) in [7, 11) is 0. The molecule has 0 aliphatic heterocycles. The van der Waals surface area contributed by atoms with Crippen molar-refractivity contribution in [2.24, 2.45) is 5.92 Å². The summed E-state index contributed by atoms with van der Waals surface area (Å²) in [5, 5.41) is 15.7. The molecular weight excluding hydrogens is 256 g/mol. The van der Waals surface area contributed by atoms with E-state index in [2.05, 4.69) is 10.6 Å². The van der Waals surface area contributed by atoms with Crippen LogP contribution in [0.1, 0.15) is 12.8 Å². The van der Waals surface area contributed by atoms with E-state index in [1.807, 2.05) is 30.3 Å². The number of ether oxygens (including phenoxy) is 1. The van der Waals surface area contributed by atoms with Crippen LogP contribution in [0.3, 0.4) is 0 Å². The van der Waals surface area contributed by atoms with Gasteiger partial charge in [0.15, 0.2) is 0 Å². The van der Waals surface area contributed by atoms with Gasteiger partial charge in [-0.3, -0.25) is 4.79 Å². The van der Waals surface area contributed by atoms with Crippen LogP contribution in [-0.4, -0.2) is 43.4 Å². The molecule has 1 saturated carbocycles. The van der Waals surface area contributed by atoms with Crippen molar-refractivity contribution >= 4 is 5.91 Å². The Morgan fingerprint density at radius 3 is 2.75 bits per heavy atom. The monoisotopic (exact) mass is 278 g/mol. The maximum atomic E-state index is 11.4. The number of carbonyl (C=O) groups excluding carboxylic acids is 1. The van der Waals surface area contributed by atoms with Crippen LogP contribution in [0.15, 0.2) is 30.3 Å². The number of carbonyl (C=O) groups is 1. The van der Waals surface area contributed by atoms with E-state index in [1.54, 1.807) is 0 Å². The minimum atomic E-state index is -0.561. The molecule has 20 heavy (non-hydrogen) atoms. The Bertz CT molecular complexity index is 407. The molecule has 110 valence electrons. The molecule has 1 aliphatic rings. The van der Waals surface area contributed by atoms with Crippen molar-refractivity contribution in [3.05, 3.63) is 30.3 Å². The number of hydrogen-bond acceptors (Lipinski definition) is 4. The smallest absolute Gasteiger partial charge is 0.223 e. The Hall–Kier alpha value is -1.59. The standard InChI is InChI=1S/C15H22N2O3/c18-13(11-20-14-4-2-1-3-5-14)10-16-8-9-17-15(19)12-6-7-12/h1-5,12-13,16,18H,6-11H2,(H,17,19)/t13-/m0/s1. The minimum Gasteiger partial charge on any atom is -0.491 e. The second-order valence-electron chi connectivity index (χ2n) is 5.05. The number of para-hydroxylation sites is 1. The Morgan fingerprint density at radius 1 is 1.30 bits per heavy atom. The summed E-state index contributed by atoms with van der Waals surface area (Å²) in [6.45, 7) is 1.96. The lowest BCUT2D eigenvalue weighted by Gasteiger charge is -2.13. The van der Waals surface area contributed by atoms with Crippen molar-refractivity contribution in [3.63, 3.8) is 0 Å². The van der Waals surface area contributed by atoms with Gasteiger partial charge in [0.25, 0.3) is 0 Å². The van der Waals surface area contributed by atoms with Gasteiger partial charge in [0, 0.05) is 25.6 Å². The summed E-state index contributed by atoms with van der Waals surface area (Å²) >= 11 is 0. The van der Waals surface area contributed by atoms with Crippen molar-refractivity contribution < 1.29 is 14.6 Å². The topological polar surface area (TPSA) is 70.6 Å². The lowest BCUT2D eigenvalue weighted by molar-refractivity contribution is -0.122. The van der Waals surface area contributed by atoms with Gasteiger partial charge in [-0.15, -0.1) is 0 Å². The molecule has 1 amide bonds. The van der Waals surface area contributed by atoms with Crippen molar-refractivity contribution in [2.45, 2.75) is 18.9 Å². The highest BCUT2D eigenvalue weighted by atomic mass is 16.5. The third-order valence-electron chi connectivity index (χ3n) is 3.11. The third kappa shape index (κ3) is 5.59. The molecule has 0 unspecified atom stereocenters. The Labute approximate surface area is 119 Å². The van der Waals surface area contributed by atoms with Crippen LogP contribution in [0.25, 0.3) is 0 Å². The second kappa shape index (κ2) is 7.87. The summed E-state index contributed by atoms with van der Waals surface area (Å²) in [5.41, 5.74) is 0. The average molecular weight is 278 g/mol. The molecule has 1 aromatic rings. The van der Waals surface area contributed by atoms with Gasteiger partial charge in [-0.1, -0.05) is 18.2 Å². The van der Waals surface area contributed by atoms with E-state index in [9.17, 15) is 9.90 Å². The van der Waals surface area contributed by atoms with Crippen LogP contribution in [-0.2, 0) is 4.79 Å². The average Bonchev–Trinajstić information content (AvgIpc) is 3.30. The number of aliphatic hydroxyl groups is 1. The number of amides is 1. The predicted molar refractivity (Wildman–Crippen MR) is 76.5 cm³/mol. The van der Waals surface area contributed by atoms with Crippen LogP contribution in [0, 0.1) is 5.92 Å². The predicted octanol–water partition coefficient (Wildman–Crippen LogP) is 0.542. The highest BCUT2D eigenvalue weighted by Gasteiger charge is 2.28. The fraction of sp³-hybridized carbons (Fsp3) is 0.533. The van der Waals surface area contributed by atoms with Crippen LogP contribution in [0.2, 0.25) is 0 Å². The van der Waals surface area contributed by atoms with Gasteiger partial charge in [0.2, 0.25) is 5.91 Å². The van der Waals surface area contributed by atoms with Gasteiger partial charge < -0.3 is 20.5 Å². The molecule has 0 saturated heterocycles. The van der Waals surface area contributed by atoms with E-state index in [-0.39, 0.29) is 18.4 Å². The van der Waals surface area contributed by atoms with Crippen molar-refractivity contribution in [3.8, 4) is 5.75 Å². The first kappa shape index (κ1) is 14.8. The van der Waals surface area contributed by atoms with Gasteiger partial charge in [-0.05, 0) is 25.0 Å².